The van der Waals surface area contributed by atoms with Crippen molar-refractivity contribution in [1.29, 1.82) is 0 Å². The maximum absolute atomic E-state index is 11.5. The Kier molecular flexibility index (Phi) is 17.4. The molecule has 2 N–H and O–H groups in total. The monoisotopic (exact) mass is 492 g/mol. The lowest BCUT2D eigenvalue weighted by molar-refractivity contribution is 0.109. The minimum Gasteiger partial charge on any atom is -0.381 e. The number of sulfonamides is 1. The molecular weight excluding hydrogens is 455 g/mol. The summed E-state index contributed by atoms with van der Waals surface area (Å²) in [4.78, 5) is 4.50. The van der Waals surface area contributed by atoms with Crippen LogP contribution in [0.1, 0.15) is 40.5 Å². The lowest BCUT2D eigenvalue weighted by Gasteiger charge is -2.18. The highest BCUT2D eigenvalue weighted by molar-refractivity contribution is 14.0. The number of nitrogens with zero attached hydrogens (tertiary/aromatic N) is 2. The summed E-state index contributed by atoms with van der Waals surface area (Å²) in [6, 6.07) is 0. The number of rotatable bonds is 13. The van der Waals surface area contributed by atoms with Crippen LogP contribution in [-0.4, -0.2) is 70.9 Å². The van der Waals surface area contributed by atoms with Crippen molar-refractivity contribution in [3.05, 3.63) is 0 Å². The van der Waals surface area contributed by atoms with Crippen LogP contribution >= 0.6 is 24.0 Å². The van der Waals surface area contributed by atoms with Crippen LogP contribution in [0.4, 0.5) is 0 Å². The molecule has 0 heterocycles. The van der Waals surface area contributed by atoms with E-state index in [-0.39, 0.29) is 24.0 Å². The summed E-state index contributed by atoms with van der Waals surface area (Å²) in [6.07, 6.45) is 2.88. The lowest BCUT2D eigenvalue weighted by atomic mass is 10.2. The molecule has 0 bridgehead atoms. The van der Waals surface area contributed by atoms with Gasteiger partial charge in [0.05, 0.1) is 6.26 Å². The Morgan fingerprint density at radius 2 is 1.88 bits per heavy atom. The maximum atomic E-state index is 11.5. The molecule has 0 aliphatic rings. The van der Waals surface area contributed by atoms with E-state index in [0.29, 0.717) is 32.1 Å². The summed E-state index contributed by atoms with van der Waals surface area (Å²) in [5.74, 6) is 1.32. The Morgan fingerprint density at radius 3 is 2.40 bits per heavy atom. The van der Waals surface area contributed by atoms with Crippen LogP contribution in [0.5, 0.6) is 0 Å². The molecule has 0 amide bonds. The average Bonchev–Trinajstić information content (AvgIpc) is 2.48. The van der Waals surface area contributed by atoms with Gasteiger partial charge in [-0.25, -0.2) is 12.7 Å². The first kappa shape index (κ1) is 27.1. The van der Waals surface area contributed by atoms with Crippen molar-refractivity contribution in [3.63, 3.8) is 0 Å². The van der Waals surface area contributed by atoms with Crippen LogP contribution in [0.15, 0.2) is 4.99 Å². The molecule has 152 valence electrons. The molecule has 0 radical (unpaired) electrons. The van der Waals surface area contributed by atoms with E-state index in [1.165, 1.54) is 10.6 Å². The molecular formula is C16H37IN4O3S. The molecule has 0 aliphatic heterocycles. The van der Waals surface area contributed by atoms with Crippen molar-refractivity contribution < 1.29 is 13.2 Å². The third kappa shape index (κ3) is 15.8. The summed E-state index contributed by atoms with van der Waals surface area (Å²) >= 11 is 0. The minimum absolute atomic E-state index is 0. The smallest absolute Gasteiger partial charge is 0.211 e. The van der Waals surface area contributed by atoms with Crippen molar-refractivity contribution in [3.8, 4) is 0 Å². The first-order valence-corrected chi connectivity index (χ1v) is 10.7. The van der Waals surface area contributed by atoms with Crippen LogP contribution in [0.25, 0.3) is 0 Å². The first-order chi connectivity index (χ1) is 11.3. The zero-order valence-electron chi connectivity index (χ0n) is 16.4. The number of halogens is 1. The van der Waals surface area contributed by atoms with E-state index < -0.39 is 10.0 Å². The second kappa shape index (κ2) is 16.1. The fraction of sp³-hybridized carbons (Fsp3) is 0.938. The van der Waals surface area contributed by atoms with Gasteiger partial charge in [0.15, 0.2) is 5.96 Å². The van der Waals surface area contributed by atoms with E-state index >= 15 is 0 Å². The number of hydrogen-bond acceptors (Lipinski definition) is 4. The largest absolute Gasteiger partial charge is 0.381 e. The van der Waals surface area contributed by atoms with Crippen LogP contribution in [0, 0.1) is 5.92 Å². The molecule has 0 rings (SSSR count). The van der Waals surface area contributed by atoms with Gasteiger partial charge in [0.2, 0.25) is 10.0 Å². The number of hydrogen-bond donors (Lipinski definition) is 2. The molecule has 0 aromatic carbocycles. The molecule has 0 fully saturated rings. The number of nitrogens with one attached hydrogen (secondary N) is 2. The van der Waals surface area contributed by atoms with E-state index in [2.05, 4.69) is 29.5 Å². The van der Waals surface area contributed by atoms with E-state index in [1.54, 1.807) is 0 Å². The van der Waals surface area contributed by atoms with Gasteiger partial charge in [-0.05, 0) is 25.7 Å². The normalized spacial score (nSPS) is 12.4. The van der Waals surface area contributed by atoms with Gasteiger partial charge in [0, 0.05) is 45.9 Å². The van der Waals surface area contributed by atoms with Gasteiger partial charge in [-0.2, -0.15) is 0 Å². The third-order valence-electron chi connectivity index (χ3n) is 3.21. The van der Waals surface area contributed by atoms with E-state index in [1.807, 2.05) is 13.8 Å². The Morgan fingerprint density at radius 1 is 1.20 bits per heavy atom. The van der Waals surface area contributed by atoms with Crippen LogP contribution in [0.3, 0.4) is 0 Å². The second-order valence-corrected chi connectivity index (χ2v) is 8.10. The standard InChI is InChI=1S/C16H36N4O3S.HI/c1-6-17-16(19-11-9-13-23-14-15(3)4)18-10-8-12-20(7-2)24(5,21)22;/h15H,6-14H2,1-5H3,(H2,17,18,19);1H. The highest BCUT2D eigenvalue weighted by Crippen LogP contribution is 1.98. The molecule has 0 atom stereocenters. The molecule has 0 saturated heterocycles. The molecule has 0 unspecified atom stereocenters. The van der Waals surface area contributed by atoms with Crippen LogP contribution in [0.2, 0.25) is 0 Å². The molecule has 9 heteroatoms. The Labute approximate surface area is 171 Å². The Bertz CT molecular complexity index is 445. The fourth-order valence-electron chi connectivity index (χ4n) is 2.04. The zero-order chi connectivity index (χ0) is 18.4. The predicted molar refractivity (Wildman–Crippen MR) is 116 cm³/mol. The van der Waals surface area contributed by atoms with E-state index in [4.69, 9.17) is 4.74 Å². The second-order valence-electron chi connectivity index (χ2n) is 6.12. The third-order valence-corrected chi connectivity index (χ3v) is 4.59. The highest BCUT2D eigenvalue weighted by Gasteiger charge is 2.13. The summed E-state index contributed by atoms with van der Waals surface area (Å²) in [5.41, 5.74) is 0. The topological polar surface area (TPSA) is 83.0 Å². The molecule has 0 aromatic heterocycles. The van der Waals surface area contributed by atoms with Crippen LogP contribution in [-0.2, 0) is 14.8 Å². The summed E-state index contributed by atoms with van der Waals surface area (Å²) < 4.78 is 30.1. The SMILES string of the molecule is CCNC(=NCCCOCC(C)C)NCCCN(CC)S(C)(=O)=O.I. The van der Waals surface area contributed by atoms with Crippen molar-refractivity contribution in [2.45, 2.75) is 40.5 Å². The summed E-state index contributed by atoms with van der Waals surface area (Å²) in [7, 11) is -3.11. The molecule has 0 saturated carbocycles. The molecule has 25 heavy (non-hydrogen) atoms. The number of guanidine groups is 1. The van der Waals surface area contributed by atoms with Crippen molar-refractivity contribution in [2.75, 3.05) is 52.2 Å². The molecule has 7 nitrogen and oxygen atoms in total. The molecule has 0 spiro atoms. The average molecular weight is 492 g/mol. The predicted octanol–water partition coefficient (Wildman–Crippen LogP) is 1.89. The summed E-state index contributed by atoms with van der Waals surface area (Å²) in [5, 5.41) is 6.43. The quantitative estimate of drug-likeness (QED) is 0.178. The van der Waals surface area contributed by atoms with Gasteiger partial charge in [0.25, 0.3) is 0 Å². The lowest BCUT2D eigenvalue weighted by Crippen LogP contribution is -2.39. The van der Waals surface area contributed by atoms with Gasteiger partial charge in [-0.3, -0.25) is 4.99 Å². The zero-order valence-corrected chi connectivity index (χ0v) is 19.5. The highest BCUT2D eigenvalue weighted by atomic mass is 127. The van der Waals surface area contributed by atoms with Gasteiger partial charge < -0.3 is 15.4 Å². The molecule has 0 aromatic rings. The van der Waals surface area contributed by atoms with Crippen molar-refractivity contribution in [2.24, 2.45) is 10.9 Å². The number of ether oxygens (including phenoxy) is 1. The molecule has 0 aliphatic carbocycles. The maximum Gasteiger partial charge on any atom is 0.211 e. The van der Waals surface area contributed by atoms with Crippen molar-refractivity contribution in [1.82, 2.24) is 14.9 Å². The van der Waals surface area contributed by atoms with E-state index in [0.717, 1.165) is 38.6 Å². The van der Waals surface area contributed by atoms with Gasteiger partial charge in [0.1, 0.15) is 0 Å². The minimum atomic E-state index is -3.11. The summed E-state index contributed by atoms with van der Waals surface area (Å²) in [6.45, 7) is 12.8. The fourth-order valence-corrected chi connectivity index (χ4v) is 2.97. The van der Waals surface area contributed by atoms with Gasteiger partial charge >= 0.3 is 0 Å². The number of aliphatic imine (C=N–C) groups is 1. The Hall–Kier alpha value is -0.130. The van der Waals surface area contributed by atoms with E-state index in [9.17, 15) is 8.42 Å². The van der Waals surface area contributed by atoms with Crippen molar-refractivity contribution >= 4 is 40.0 Å². The van der Waals surface area contributed by atoms with Gasteiger partial charge in [-0.15, -0.1) is 24.0 Å². The Balaban J connectivity index is 0. The van der Waals surface area contributed by atoms with Crippen LogP contribution < -0.4 is 10.6 Å². The van der Waals surface area contributed by atoms with Gasteiger partial charge in [-0.1, -0.05) is 20.8 Å². The first-order valence-electron chi connectivity index (χ1n) is 8.86.